The summed E-state index contributed by atoms with van der Waals surface area (Å²) in [7, 11) is 0. The molecule has 0 bridgehead atoms. The first kappa shape index (κ1) is 11.9. The van der Waals surface area contributed by atoms with Crippen LogP contribution in [0, 0.1) is 5.41 Å². The van der Waals surface area contributed by atoms with Crippen molar-refractivity contribution in [1.29, 1.82) is 0 Å². The van der Waals surface area contributed by atoms with Crippen molar-refractivity contribution in [2.24, 2.45) is 11.1 Å². The molecule has 1 heterocycles. The van der Waals surface area contributed by atoms with Gasteiger partial charge in [-0.15, -0.1) is 0 Å². The minimum absolute atomic E-state index is 0.0515. The summed E-state index contributed by atoms with van der Waals surface area (Å²) in [6, 6.07) is 0. The van der Waals surface area contributed by atoms with Gasteiger partial charge in [0.15, 0.2) is 0 Å². The molecule has 4 nitrogen and oxygen atoms in total. The second kappa shape index (κ2) is 4.72. The van der Waals surface area contributed by atoms with Crippen LogP contribution in [0.1, 0.15) is 38.5 Å². The molecule has 2 fully saturated rings. The molecular weight excluding hydrogens is 204 g/mol. The molecule has 2 aliphatic rings. The molecule has 0 spiro atoms. The van der Waals surface area contributed by atoms with Gasteiger partial charge in [-0.3, -0.25) is 4.79 Å². The molecule has 92 valence electrons. The van der Waals surface area contributed by atoms with Crippen LogP contribution in [-0.4, -0.2) is 41.7 Å². The van der Waals surface area contributed by atoms with Crippen LogP contribution < -0.4 is 5.73 Å². The van der Waals surface area contributed by atoms with Crippen LogP contribution in [0.15, 0.2) is 0 Å². The van der Waals surface area contributed by atoms with Crippen molar-refractivity contribution >= 4 is 5.91 Å². The summed E-state index contributed by atoms with van der Waals surface area (Å²) in [5.74, 6) is 0.178. The molecular formula is C12H22N2O2. The van der Waals surface area contributed by atoms with Crippen molar-refractivity contribution in [3.8, 4) is 0 Å². The highest BCUT2D eigenvalue weighted by molar-refractivity contribution is 5.78. The summed E-state index contributed by atoms with van der Waals surface area (Å²) in [6.07, 6.45) is 6.13. The van der Waals surface area contributed by atoms with E-state index in [1.165, 1.54) is 19.3 Å². The van der Waals surface area contributed by atoms with Crippen molar-refractivity contribution < 1.29 is 9.90 Å². The zero-order valence-corrected chi connectivity index (χ0v) is 9.82. The number of amides is 1. The van der Waals surface area contributed by atoms with Gasteiger partial charge in [0, 0.05) is 19.5 Å². The molecule has 0 aromatic carbocycles. The Labute approximate surface area is 96.8 Å². The lowest BCUT2D eigenvalue weighted by atomic mass is 9.71. The Balaban J connectivity index is 1.88. The van der Waals surface area contributed by atoms with E-state index < -0.39 is 0 Å². The van der Waals surface area contributed by atoms with Crippen LogP contribution in [-0.2, 0) is 4.79 Å². The standard InChI is InChI=1S/C12H22N2O2/c13-9-12(4-2-1-3-5-12)6-11(16)14-7-10(15)8-14/h10,15H,1-9,13H2. The van der Waals surface area contributed by atoms with E-state index in [0.29, 0.717) is 26.1 Å². The van der Waals surface area contributed by atoms with E-state index in [1.807, 2.05) is 0 Å². The van der Waals surface area contributed by atoms with E-state index in [1.54, 1.807) is 4.90 Å². The second-order valence-electron chi connectivity index (χ2n) is 5.39. The summed E-state index contributed by atoms with van der Waals surface area (Å²) in [6.45, 7) is 1.65. The fraction of sp³-hybridized carbons (Fsp3) is 0.917. The third kappa shape index (κ3) is 2.38. The Morgan fingerprint density at radius 1 is 1.31 bits per heavy atom. The SMILES string of the molecule is NCC1(CC(=O)N2CC(O)C2)CCCCC1. The Bertz CT molecular complexity index is 256. The minimum atomic E-state index is -0.302. The van der Waals surface area contributed by atoms with Crippen molar-refractivity contribution in [2.45, 2.75) is 44.6 Å². The lowest BCUT2D eigenvalue weighted by Gasteiger charge is -2.41. The predicted molar refractivity (Wildman–Crippen MR) is 61.8 cm³/mol. The Kier molecular flexibility index (Phi) is 3.50. The normalized spacial score (nSPS) is 25.2. The Morgan fingerprint density at radius 2 is 1.94 bits per heavy atom. The van der Waals surface area contributed by atoms with Crippen LogP contribution >= 0.6 is 0 Å². The topological polar surface area (TPSA) is 66.6 Å². The average Bonchev–Trinajstić information content (AvgIpc) is 2.26. The smallest absolute Gasteiger partial charge is 0.223 e. The molecule has 16 heavy (non-hydrogen) atoms. The molecule has 3 N–H and O–H groups in total. The van der Waals surface area contributed by atoms with E-state index >= 15 is 0 Å². The van der Waals surface area contributed by atoms with Crippen molar-refractivity contribution in [3.05, 3.63) is 0 Å². The van der Waals surface area contributed by atoms with Gasteiger partial charge in [-0.25, -0.2) is 0 Å². The molecule has 0 atom stereocenters. The summed E-state index contributed by atoms with van der Waals surface area (Å²) >= 11 is 0. The predicted octanol–water partition coefficient (Wildman–Crippen LogP) is 0.489. The van der Waals surface area contributed by atoms with Gasteiger partial charge >= 0.3 is 0 Å². The Hall–Kier alpha value is -0.610. The highest BCUT2D eigenvalue weighted by Gasteiger charge is 2.37. The first-order chi connectivity index (χ1) is 7.65. The molecule has 0 aromatic heterocycles. The third-order valence-corrected chi connectivity index (χ3v) is 4.09. The maximum Gasteiger partial charge on any atom is 0.223 e. The maximum absolute atomic E-state index is 12.0. The fourth-order valence-corrected chi connectivity index (χ4v) is 2.85. The van der Waals surface area contributed by atoms with Gasteiger partial charge in [-0.1, -0.05) is 19.3 Å². The number of likely N-dealkylation sites (tertiary alicyclic amines) is 1. The summed E-state index contributed by atoms with van der Waals surface area (Å²) in [5.41, 5.74) is 5.90. The minimum Gasteiger partial charge on any atom is -0.389 e. The number of β-amino-alcohol motifs (C(OH)–C–C–N with tert-alkyl or cyclic N) is 1. The van der Waals surface area contributed by atoms with Crippen molar-refractivity contribution in [2.75, 3.05) is 19.6 Å². The van der Waals surface area contributed by atoms with Crippen LogP contribution in [0.3, 0.4) is 0 Å². The lowest BCUT2D eigenvalue weighted by molar-refractivity contribution is -0.144. The summed E-state index contributed by atoms with van der Waals surface area (Å²) in [4.78, 5) is 13.7. The molecule has 1 saturated heterocycles. The molecule has 4 heteroatoms. The molecule has 1 aliphatic heterocycles. The number of rotatable bonds is 3. The quantitative estimate of drug-likeness (QED) is 0.736. The number of carbonyl (C=O) groups is 1. The van der Waals surface area contributed by atoms with Crippen LogP contribution in [0.5, 0.6) is 0 Å². The van der Waals surface area contributed by atoms with E-state index in [2.05, 4.69) is 0 Å². The van der Waals surface area contributed by atoms with Gasteiger partial charge in [-0.2, -0.15) is 0 Å². The number of hydrogen-bond donors (Lipinski definition) is 2. The number of aliphatic hydroxyl groups excluding tert-OH is 1. The summed E-state index contributed by atoms with van der Waals surface area (Å²) in [5, 5.41) is 9.18. The molecule has 1 saturated carbocycles. The van der Waals surface area contributed by atoms with Gasteiger partial charge < -0.3 is 15.7 Å². The van der Waals surface area contributed by atoms with E-state index in [4.69, 9.17) is 5.73 Å². The molecule has 0 aromatic rings. The zero-order valence-electron chi connectivity index (χ0n) is 9.82. The largest absolute Gasteiger partial charge is 0.389 e. The number of aliphatic hydroxyl groups is 1. The molecule has 0 radical (unpaired) electrons. The number of carbonyl (C=O) groups excluding carboxylic acids is 1. The van der Waals surface area contributed by atoms with Gasteiger partial charge in [0.05, 0.1) is 6.10 Å². The molecule has 1 aliphatic carbocycles. The zero-order chi connectivity index (χ0) is 11.6. The van der Waals surface area contributed by atoms with E-state index in [0.717, 1.165) is 12.8 Å². The number of nitrogens with two attached hydrogens (primary N) is 1. The van der Waals surface area contributed by atoms with Gasteiger partial charge in [0.25, 0.3) is 0 Å². The van der Waals surface area contributed by atoms with Crippen LogP contribution in [0.25, 0.3) is 0 Å². The first-order valence-corrected chi connectivity index (χ1v) is 6.31. The van der Waals surface area contributed by atoms with Gasteiger partial charge in [-0.05, 0) is 24.8 Å². The van der Waals surface area contributed by atoms with Gasteiger partial charge in [0.1, 0.15) is 0 Å². The maximum atomic E-state index is 12.0. The monoisotopic (exact) mass is 226 g/mol. The average molecular weight is 226 g/mol. The van der Waals surface area contributed by atoms with Crippen molar-refractivity contribution in [1.82, 2.24) is 4.90 Å². The highest BCUT2D eigenvalue weighted by atomic mass is 16.3. The van der Waals surface area contributed by atoms with E-state index in [9.17, 15) is 9.90 Å². The lowest BCUT2D eigenvalue weighted by Crippen LogP contribution is -2.54. The fourth-order valence-electron chi connectivity index (χ4n) is 2.85. The van der Waals surface area contributed by atoms with E-state index in [-0.39, 0.29) is 17.4 Å². The van der Waals surface area contributed by atoms with Gasteiger partial charge in [0.2, 0.25) is 5.91 Å². The Morgan fingerprint density at radius 3 is 2.44 bits per heavy atom. The molecule has 2 rings (SSSR count). The van der Waals surface area contributed by atoms with Crippen LogP contribution in [0.2, 0.25) is 0 Å². The third-order valence-electron chi connectivity index (χ3n) is 4.09. The second-order valence-corrected chi connectivity index (χ2v) is 5.39. The molecule has 1 amide bonds. The number of hydrogen-bond acceptors (Lipinski definition) is 3. The first-order valence-electron chi connectivity index (χ1n) is 6.31. The van der Waals surface area contributed by atoms with Crippen molar-refractivity contribution in [3.63, 3.8) is 0 Å². The molecule has 0 unspecified atom stereocenters. The summed E-state index contributed by atoms with van der Waals surface area (Å²) < 4.78 is 0. The highest BCUT2D eigenvalue weighted by Crippen LogP contribution is 2.39. The number of nitrogens with zero attached hydrogens (tertiary/aromatic N) is 1. The van der Waals surface area contributed by atoms with Crippen LogP contribution in [0.4, 0.5) is 0 Å².